The summed E-state index contributed by atoms with van der Waals surface area (Å²) in [6.07, 6.45) is 3.69. The lowest BCUT2D eigenvalue weighted by atomic mass is 10.2. The van der Waals surface area contributed by atoms with Crippen molar-refractivity contribution in [3.63, 3.8) is 0 Å². The minimum atomic E-state index is -3.78. The highest BCUT2D eigenvalue weighted by molar-refractivity contribution is 9.10. The first kappa shape index (κ1) is 14.7. The van der Waals surface area contributed by atoms with Crippen LogP contribution in [-0.4, -0.2) is 43.4 Å². The summed E-state index contributed by atoms with van der Waals surface area (Å²) in [6, 6.07) is 1.51. The highest BCUT2D eigenvalue weighted by atomic mass is 79.9. The molecular weight excluding hydrogens is 334 g/mol. The number of piperazine rings is 1. The van der Waals surface area contributed by atoms with E-state index in [1.807, 2.05) is 6.92 Å². The molecule has 1 unspecified atom stereocenters. The van der Waals surface area contributed by atoms with Gasteiger partial charge in [-0.25, -0.2) is 0 Å². The fraction of sp³-hybridized carbons (Fsp3) is 0.545. The molecular formula is C11H16BrN3O3S. The zero-order chi connectivity index (χ0) is 13.9. The number of nitrogens with one attached hydrogen (secondary N) is 1. The number of hydrogen-bond donors (Lipinski definition) is 1. The Morgan fingerprint density at radius 3 is 3.05 bits per heavy atom. The second kappa shape index (κ2) is 6.17. The van der Waals surface area contributed by atoms with Crippen LogP contribution < -0.4 is 9.50 Å². The standard InChI is InChI=1S/C11H16BrN3O3S/c1-2-10-7-13-3-4-15(10)19(16,17)18-11-5-9(12)6-14-8-11/h5-6,8,10,13H,2-4,7H2,1H3. The van der Waals surface area contributed by atoms with Gasteiger partial charge in [0.25, 0.3) is 0 Å². The van der Waals surface area contributed by atoms with Gasteiger partial charge in [-0.3, -0.25) is 4.98 Å². The topological polar surface area (TPSA) is 71.5 Å². The van der Waals surface area contributed by atoms with E-state index >= 15 is 0 Å². The summed E-state index contributed by atoms with van der Waals surface area (Å²) in [7, 11) is -3.78. The number of hydrogen-bond acceptors (Lipinski definition) is 5. The molecule has 106 valence electrons. The largest absolute Gasteiger partial charge is 0.385 e. The van der Waals surface area contributed by atoms with E-state index in [1.54, 1.807) is 12.3 Å². The third-order valence-electron chi connectivity index (χ3n) is 2.94. The molecule has 1 aromatic heterocycles. The van der Waals surface area contributed by atoms with Crippen molar-refractivity contribution in [1.82, 2.24) is 14.6 Å². The lowest BCUT2D eigenvalue weighted by Gasteiger charge is -2.33. The fourth-order valence-corrected chi connectivity index (χ4v) is 3.67. The average Bonchev–Trinajstić information content (AvgIpc) is 2.38. The number of pyridine rings is 1. The first-order valence-electron chi connectivity index (χ1n) is 6.05. The van der Waals surface area contributed by atoms with Gasteiger partial charge in [-0.15, -0.1) is 0 Å². The van der Waals surface area contributed by atoms with Crippen LogP contribution in [0.2, 0.25) is 0 Å². The van der Waals surface area contributed by atoms with Crippen LogP contribution in [0.1, 0.15) is 13.3 Å². The molecule has 1 fully saturated rings. The summed E-state index contributed by atoms with van der Waals surface area (Å²) < 4.78 is 31.7. The summed E-state index contributed by atoms with van der Waals surface area (Å²) in [5.41, 5.74) is 0. The third kappa shape index (κ3) is 3.65. The van der Waals surface area contributed by atoms with E-state index in [2.05, 4.69) is 26.2 Å². The van der Waals surface area contributed by atoms with E-state index in [0.717, 1.165) is 6.42 Å². The minimum absolute atomic E-state index is 0.0705. The van der Waals surface area contributed by atoms with Gasteiger partial charge in [0.2, 0.25) is 0 Å². The fourth-order valence-electron chi connectivity index (χ4n) is 1.99. The van der Waals surface area contributed by atoms with Crippen LogP contribution in [0.4, 0.5) is 0 Å². The number of aromatic nitrogens is 1. The first-order chi connectivity index (χ1) is 9.03. The smallest absolute Gasteiger partial charge is 0.369 e. The summed E-state index contributed by atoms with van der Waals surface area (Å²) in [5.74, 6) is 0.211. The molecule has 0 spiro atoms. The Bertz CT molecular complexity index is 538. The lowest BCUT2D eigenvalue weighted by Crippen LogP contribution is -2.54. The molecule has 1 aliphatic heterocycles. The summed E-state index contributed by atoms with van der Waals surface area (Å²) in [4.78, 5) is 3.89. The second-order valence-electron chi connectivity index (χ2n) is 4.26. The van der Waals surface area contributed by atoms with Crippen LogP contribution in [0, 0.1) is 0 Å². The van der Waals surface area contributed by atoms with Gasteiger partial charge >= 0.3 is 10.3 Å². The molecule has 0 aliphatic carbocycles. The van der Waals surface area contributed by atoms with Crippen molar-refractivity contribution < 1.29 is 12.6 Å². The summed E-state index contributed by atoms with van der Waals surface area (Å²) in [5, 5.41) is 3.18. The van der Waals surface area contributed by atoms with E-state index in [1.165, 1.54) is 10.5 Å². The maximum absolute atomic E-state index is 12.3. The molecule has 0 amide bonds. The van der Waals surface area contributed by atoms with Gasteiger partial charge in [-0.1, -0.05) is 6.92 Å². The van der Waals surface area contributed by atoms with Crippen LogP contribution in [0.5, 0.6) is 5.75 Å². The minimum Gasteiger partial charge on any atom is -0.369 e. The molecule has 2 heterocycles. The van der Waals surface area contributed by atoms with E-state index in [4.69, 9.17) is 4.18 Å². The lowest BCUT2D eigenvalue weighted by molar-refractivity contribution is 0.241. The SMILES string of the molecule is CCC1CNCCN1S(=O)(=O)Oc1cncc(Br)c1. The molecule has 19 heavy (non-hydrogen) atoms. The van der Waals surface area contributed by atoms with E-state index in [0.29, 0.717) is 24.1 Å². The molecule has 1 saturated heterocycles. The Morgan fingerprint density at radius 1 is 1.58 bits per heavy atom. The quantitative estimate of drug-likeness (QED) is 0.882. The molecule has 0 bridgehead atoms. The summed E-state index contributed by atoms with van der Waals surface area (Å²) in [6.45, 7) is 3.66. The van der Waals surface area contributed by atoms with E-state index in [-0.39, 0.29) is 11.8 Å². The highest BCUT2D eigenvalue weighted by Gasteiger charge is 2.32. The maximum Gasteiger partial charge on any atom is 0.385 e. The molecule has 1 atom stereocenters. The van der Waals surface area contributed by atoms with Crippen molar-refractivity contribution in [2.24, 2.45) is 0 Å². The van der Waals surface area contributed by atoms with Gasteiger partial charge in [0.1, 0.15) is 0 Å². The Hall–Kier alpha value is -0.700. The van der Waals surface area contributed by atoms with Crippen LogP contribution in [-0.2, 0) is 10.3 Å². The zero-order valence-electron chi connectivity index (χ0n) is 10.5. The third-order valence-corrected chi connectivity index (χ3v) is 4.83. The number of halogens is 1. The zero-order valence-corrected chi connectivity index (χ0v) is 12.9. The van der Waals surface area contributed by atoms with Crippen LogP contribution in [0.3, 0.4) is 0 Å². The molecule has 2 rings (SSSR count). The van der Waals surface area contributed by atoms with Crippen LogP contribution in [0.15, 0.2) is 22.9 Å². The predicted octanol–water partition coefficient (Wildman–Crippen LogP) is 1.15. The second-order valence-corrected chi connectivity index (χ2v) is 6.66. The normalized spacial score (nSPS) is 21.3. The van der Waals surface area contributed by atoms with Gasteiger partial charge in [0, 0.05) is 36.3 Å². The molecule has 0 aromatic carbocycles. The van der Waals surface area contributed by atoms with Crippen molar-refractivity contribution in [3.05, 3.63) is 22.9 Å². The molecule has 8 heteroatoms. The highest BCUT2D eigenvalue weighted by Crippen LogP contribution is 2.21. The van der Waals surface area contributed by atoms with Crippen LogP contribution in [0.25, 0.3) is 0 Å². The van der Waals surface area contributed by atoms with Gasteiger partial charge in [-0.2, -0.15) is 12.7 Å². The molecule has 1 N–H and O–H groups in total. The maximum atomic E-state index is 12.3. The average molecular weight is 350 g/mol. The monoisotopic (exact) mass is 349 g/mol. The number of nitrogens with zero attached hydrogens (tertiary/aromatic N) is 2. The van der Waals surface area contributed by atoms with Crippen molar-refractivity contribution in [2.75, 3.05) is 19.6 Å². The Kier molecular flexibility index (Phi) is 4.77. The van der Waals surface area contributed by atoms with Crippen LogP contribution >= 0.6 is 15.9 Å². The predicted molar refractivity (Wildman–Crippen MR) is 75.1 cm³/mol. The van der Waals surface area contributed by atoms with Gasteiger partial charge in [0.15, 0.2) is 5.75 Å². The molecule has 1 aromatic rings. The van der Waals surface area contributed by atoms with Crippen molar-refractivity contribution in [2.45, 2.75) is 19.4 Å². The van der Waals surface area contributed by atoms with E-state index in [9.17, 15) is 8.42 Å². The Labute approximate surface area is 121 Å². The molecule has 1 aliphatic rings. The van der Waals surface area contributed by atoms with Gasteiger partial charge < -0.3 is 9.50 Å². The summed E-state index contributed by atoms with van der Waals surface area (Å²) >= 11 is 3.23. The molecule has 0 saturated carbocycles. The first-order valence-corrected chi connectivity index (χ1v) is 8.21. The van der Waals surface area contributed by atoms with Gasteiger partial charge in [-0.05, 0) is 28.4 Å². The van der Waals surface area contributed by atoms with Crippen molar-refractivity contribution >= 4 is 26.2 Å². The van der Waals surface area contributed by atoms with Crippen molar-refractivity contribution in [1.29, 1.82) is 0 Å². The van der Waals surface area contributed by atoms with E-state index < -0.39 is 10.3 Å². The number of rotatable bonds is 4. The van der Waals surface area contributed by atoms with Crippen molar-refractivity contribution in [3.8, 4) is 5.75 Å². The van der Waals surface area contributed by atoms with Gasteiger partial charge in [0.05, 0.1) is 6.20 Å². The Balaban J connectivity index is 2.17. The molecule has 6 nitrogen and oxygen atoms in total. The Morgan fingerprint density at radius 2 is 2.37 bits per heavy atom. The molecule has 0 radical (unpaired) electrons.